The molecule has 2 aliphatic rings. The average molecular weight is 261 g/mol. The zero-order chi connectivity index (χ0) is 13.1. The number of anilines is 2. The Bertz CT molecular complexity index is 410. The number of hydrogen-bond acceptors (Lipinski definition) is 5. The molecule has 5 nitrogen and oxygen atoms in total. The molecule has 0 atom stereocenters. The minimum absolute atomic E-state index is 0.894. The van der Waals surface area contributed by atoms with Gasteiger partial charge in [-0.3, -0.25) is 4.90 Å². The number of piperazine rings is 1. The molecule has 0 unspecified atom stereocenters. The van der Waals surface area contributed by atoms with Crippen molar-refractivity contribution in [2.24, 2.45) is 5.92 Å². The Balaban J connectivity index is 1.56. The molecular weight excluding hydrogens is 238 g/mol. The van der Waals surface area contributed by atoms with Crippen molar-refractivity contribution in [2.45, 2.75) is 19.8 Å². The lowest BCUT2D eigenvalue weighted by molar-refractivity contribution is 0.247. The summed E-state index contributed by atoms with van der Waals surface area (Å²) in [6, 6.07) is 2.06. The van der Waals surface area contributed by atoms with E-state index in [0.717, 1.165) is 50.3 Å². The van der Waals surface area contributed by atoms with E-state index in [2.05, 4.69) is 38.1 Å². The highest BCUT2D eigenvalue weighted by Gasteiger charge is 2.26. The van der Waals surface area contributed by atoms with E-state index in [1.165, 1.54) is 19.4 Å². The second-order valence-corrected chi connectivity index (χ2v) is 5.52. The Hall–Kier alpha value is -1.36. The van der Waals surface area contributed by atoms with Crippen molar-refractivity contribution in [3.05, 3.63) is 12.4 Å². The third-order valence-electron chi connectivity index (χ3n) is 3.92. The lowest BCUT2D eigenvalue weighted by Gasteiger charge is -2.35. The van der Waals surface area contributed by atoms with Gasteiger partial charge >= 0.3 is 0 Å². The number of nitrogens with zero attached hydrogens (tertiary/aromatic N) is 4. The van der Waals surface area contributed by atoms with Crippen LogP contribution in [-0.4, -0.2) is 54.1 Å². The number of rotatable bonds is 5. The van der Waals surface area contributed by atoms with Gasteiger partial charge in [-0.1, -0.05) is 0 Å². The first-order chi connectivity index (χ1) is 9.35. The second kappa shape index (κ2) is 5.74. The molecule has 2 heterocycles. The minimum Gasteiger partial charge on any atom is -0.370 e. The van der Waals surface area contributed by atoms with Crippen molar-refractivity contribution in [2.75, 3.05) is 49.5 Å². The molecule has 0 amide bonds. The fraction of sp³-hybridized carbons (Fsp3) is 0.714. The van der Waals surface area contributed by atoms with Gasteiger partial charge in [0.1, 0.15) is 18.0 Å². The summed E-state index contributed by atoms with van der Waals surface area (Å²) in [4.78, 5) is 13.6. The molecule has 1 aromatic heterocycles. The van der Waals surface area contributed by atoms with Crippen LogP contribution in [-0.2, 0) is 0 Å². The summed E-state index contributed by atoms with van der Waals surface area (Å²) in [6.07, 6.45) is 4.54. The number of aromatic nitrogens is 2. The zero-order valence-corrected chi connectivity index (χ0v) is 11.7. The molecule has 1 saturated heterocycles. The molecule has 5 heteroatoms. The normalized spacial score (nSPS) is 20.6. The molecule has 1 aromatic rings. The van der Waals surface area contributed by atoms with E-state index >= 15 is 0 Å². The summed E-state index contributed by atoms with van der Waals surface area (Å²) in [7, 11) is 0. The molecule has 3 rings (SSSR count). The summed E-state index contributed by atoms with van der Waals surface area (Å²) in [5, 5.41) is 3.24. The molecule has 0 bridgehead atoms. The number of nitrogens with one attached hydrogen (secondary N) is 1. The second-order valence-electron chi connectivity index (χ2n) is 5.52. The maximum atomic E-state index is 4.40. The Morgan fingerprint density at radius 1 is 1.21 bits per heavy atom. The highest BCUT2D eigenvalue weighted by Crippen LogP contribution is 2.30. The maximum absolute atomic E-state index is 4.40. The smallest absolute Gasteiger partial charge is 0.134 e. The molecule has 0 spiro atoms. The SMILES string of the molecule is CCNc1cc(N2CCN(CC3CC3)CC2)ncn1. The first-order valence-electron chi connectivity index (χ1n) is 7.38. The fourth-order valence-electron chi connectivity index (χ4n) is 2.62. The van der Waals surface area contributed by atoms with Crippen LogP contribution in [0.25, 0.3) is 0 Å². The van der Waals surface area contributed by atoms with Crippen LogP contribution in [0.1, 0.15) is 19.8 Å². The van der Waals surface area contributed by atoms with Crippen LogP contribution < -0.4 is 10.2 Å². The first-order valence-corrected chi connectivity index (χ1v) is 7.38. The van der Waals surface area contributed by atoms with E-state index in [0.29, 0.717) is 0 Å². The van der Waals surface area contributed by atoms with E-state index in [4.69, 9.17) is 0 Å². The first kappa shape index (κ1) is 12.7. The van der Waals surface area contributed by atoms with Crippen LogP contribution in [0.15, 0.2) is 12.4 Å². The van der Waals surface area contributed by atoms with Crippen LogP contribution in [0, 0.1) is 5.92 Å². The van der Waals surface area contributed by atoms with Crippen LogP contribution >= 0.6 is 0 Å². The molecule has 1 aliphatic heterocycles. The Morgan fingerprint density at radius 3 is 2.68 bits per heavy atom. The summed E-state index contributed by atoms with van der Waals surface area (Å²) in [5.41, 5.74) is 0. The van der Waals surface area contributed by atoms with Gasteiger partial charge in [0.15, 0.2) is 0 Å². The molecule has 1 aliphatic carbocycles. The predicted octanol–water partition coefficient (Wildman–Crippen LogP) is 1.44. The van der Waals surface area contributed by atoms with Crippen LogP contribution in [0.5, 0.6) is 0 Å². The Morgan fingerprint density at radius 2 is 2.00 bits per heavy atom. The number of hydrogen-bond donors (Lipinski definition) is 1. The van der Waals surface area contributed by atoms with Crippen molar-refractivity contribution in [1.29, 1.82) is 0 Å². The van der Waals surface area contributed by atoms with E-state index in [9.17, 15) is 0 Å². The topological polar surface area (TPSA) is 44.3 Å². The van der Waals surface area contributed by atoms with Gasteiger partial charge in [0.2, 0.25) is 0 Å². The van der Waals surface area contributed by atoms with Gasteiger partial charge in [-0.25, -0.2) is 9.97 Å². The molecule has 0 radical (unpaired) electrons. The van der Waals surface area contributed by atoms with Crippen LogP contribution in [0.3, 0.4) is 0 Å². The Labute approximate surface area is 115 Å². The van der Waals surface area contributed by atoms with E-state index in [-0.39, 0.29) is 0 Å². The summed E-state index contributed by atoms with van der Waals surface area (Å²) in [5.74, 6) is 2.97. The third-order valence-corrected chi connectivity index (χ3v) is 3.92. The molecule has 1 N–H and O–H groups in total. The lowest BCUT2D eigenvalue weighted by atomic mass is 10.2. The highest BCUT2D eigenvalue weighted by atomic mass is 15.3. The minimum atomic E-state index is 0.894. The standard InChI is InChI=1S/C14H23N5/c1-2-15-13-9-14(17-11-16-13)19-7-5-18(6-8-19)10-12-3-4-12/h9,11-12H,2-8,10H2,1H3,(H,15,16,17). The molecular formula is C14H23N5. The molecule has 0 aromatic carbocycles. The van der Waals surface area contributed by atoms with Gasteiger partial charge in [-0.05, 0) is 25.7 Å². The van der Waals surface area contributed by atoms with Gasteiger partial charge in [0.05, 0.1) is 0 Å². The summed E-state index contributed by atoms with van der Waals surface area (Å²) in [6.45, 7) is 8.77. The van der Waals surface area contributed by atoms with Crippen LogP contribution in [0.4, 0.5) is 11.6 Å². The largest absolute Gasteiger partial charge is 0.370 e. The van der Waals surface area contributed by atoms with Gasteiger partial charge in [-0.2, -0.15) is 0 Å². The quantitative estimate of drug-likeness (QED) is 0.869. The van der Waals surface area contributed by atoms with Crippen molar-refractivity contribution in [3.8, 4) is 0 Å². The third kappa shape index (κ3) is 3.35. The monoisotopic (exact) mass is 261 g/mol. The van der Waals surface area contributed by atoms with Crippen LogP contribution in [0.2, 0.25) is 0 Å². The molecule has 2 fully saturated rings. The van der Waals surface area contributed by atoms with Gasteiger partial charge in [0.25, 0.3) is 0 Å². The zero-order valence-electron chi connectivity index (χ0n) is 11.7. The average Bonchev–Trinajstić information content (AvgIpc) is 3.24. The highest BCUT2D eigenvalue weighted by molar-refractivity contribution is 5.48. The lowest BCUT2D eigenvalue weighted by Crippen LogP contribution is -2.47. The van der Waals surface area contributed by atoms with Crippen molar-refractivity contribution in [3.63, 3.8) is 0 Å². The maximum Gasteiger partial charge on any atom is 0.134 e. The predicted molar refractivity (Wildman–Crippen MR) is 77.6 cm³/mol. The van der Waals surface area contributed by atoms with Gasteiger partial charge < -0.3 is 10.2 Å². The Kier molecular flexibility index (Phi) is 3.82. The van der Waals surface area contributed by atoms with Crippen molar-refractivity contribution in [1.82, 2.24) is 14.9 Å². The fourth-order valence-corrected chi connectivity index (χ4v) is 2.62. The van der Waals surface area contributed by atoms with Crippen molar-refractivity contribution < 1.29 is 0 Å². The molecule has 1 saturated carbocycles. The van der Waals surface area contributed by atoms with E-state index in [1.807, 2.05) is 0 Å². The molecule has 19 heavy (non-hydrogen) atoms. The van der Waals surface area contributed by atoms with E-state index < -0.39 is 0 Å². The van der Waals surface area contributed by atoms with E-state index in [1.54, 1.807) is 6.33 Å². The van der Waals surface area contributed by atoms with Gasteiger partial charge in [-0.15, -0.1) is 0 Å². The van der Waals surface area contributed by atoms with Crippen molar-refractivity contribution >= 4 is 11.6 Å². The molecule has 104 valence electrons. The summed E-state index contributed by atoms with van der Waals surface area (Å²) >= 11 is 0. The summed E-state index contributed by atoms with van der Waals surface area (Å²) < 4.78 is 0. The van der Waals surface area contributed by atoms with Gasteiger partial charge in [0, 0.05) is 45.3 Å².